The lowest BCUT2D eigenvalue weighted by atomic mass is 10.1. The van der Waals surface area contributed by atoms with Crippen LogP contribution in [0.15, 0.2) is 59.1 Å². The Bertz CT molecular complexity index is 1160. The van der Waals surface area contributed by atoms with Gasteiger partial charge in [-0.2, -0.15) is 0 Å². The lowest BCUT2D eigenvalue weighted by molar-refractivity contribution is 0.0735. The minimum atomic E-state index is -0.469. The van der Waals surface area contributed by atoms with Gasteiger partial charge in [-0.25, -0.2) is 14.8 Å². The molecule has 0 aliphatic heterocycles. The zero-order valence-corrected chi connectivity index (χ0v) is 16.0. The van der Waals surface area contributed by atoms with E-state index in [2.05, 4.69) is 25.9 Å². The van der Waals surface area contributed by atoms with Gasteiger partial charge in [0.2, 0.25) is 0 Å². The third kappa shape index (κ3) is 3.04. The van der Waals surface area contributed by atoms with E-state index in [1.807, 2.05) is 37.3 Å². The largest absolute Gasteiger partial charge is 0.420 e. The topological polar surface area (TPSA) is 52.1 Å². The van der Waals surface area contributed by atoms with Gasteiger partial charge in [-0.15, -0.1) is 0 Å². The quantitative estimate of drug-likeness (QED) is 0.233. The predicted octanol–water partition coefficient (Wildman–Crippen LogP) is 5.73. The summed E-state index contributed by atoms with van der Waals surface area (Å²) in [5, 5.41) is 0.559. The monoisotopic (exact) mass is 426 g/mol. The fraction of sp³-hybridized carbons (Fsp3) is 0.0500. The molecule has 1 heterocycles. The molecule has 0 amide bonds. The van der Waals surface area contributed by atoms with E-state index < -0.39 is 5.97 Å². The summed E-state index contributed by atoms with van der Waals surface area (Å²) in [6.45, 7) is 1.87. The van der Waals surface area contributed by atoms with Crippen LogP contribution in [0.3, 0.4) is 0 Å². The standard InChI is InChI=1S/C20H12BrClN2O2/c1-11-10-14(21)17-18(24-16-5-3-2-4-15(16)23-17)19(11)26-20(25)12-6-8-13(22)9-7-12/h2-10H,1H3. The highest BCUT2D eigenvalue weighted by molar-refractivity contribution is 9.10. The molecule has 128 valence electrons. The highest BCUT2D eigenvalue weighted by atomic mass is 79.9. The molecule has 4 nitrogen and oxygen atoms in total. The molecule has 0 bridgehead atoms. The van der Waals surface area contributed by atoms with Crippen LogP contribution in [-0.2, 0) is 0 Å². The predicted molar refractivity (Wildman–Crippen MR) is 106 cm³/mol. The summed E-state index contributed by atoms with van der Waals surface area (Å²) in [4.78, 5) is 21.9. The summed E-state index contributed by atoms with van der Waals surface area (Å²) >= 11 is 9.41. The summed E-state index contributed by atoms with van der Waals surface area (Å²) in [6.07, 6.45) is 0. The van der Waals surface area contributed by atoms with Crippen molar-refractivity contribution in [2.24, 2.45) is 0 Å². The van der Waals surface area contributed by atoms with Crippen molar-refractivity contribution in [3.05, 3.63) is 75.2 Å². The zero-order chi connectivity index (χ0) is 18.3. The Morgan fingerprint density at radius 3 is 2.27 bits per heavy atom. The van der Waals surface area contributed by atoms with Gasteiger partial charge in [0, 0.05) is 9.50 Å². The molecule has 0 aliphatic carbocycles. The minimum Gasteiger partial charge on any atom is -0.420 e. The zero-order valence-electron chi connectivity index (χ0n) is 13.7. The van der Waals surface area contributed by atoms with Crippen LogP contribution in [0.5, 0.6) is 5.75 Å². The Kier molecular flexibility index (Phi) is 4.34. The average molecular weight is 428 g/mol. The molecule has 3 aromatic carbocycles. The maximum absolute atomic E-state index is 12.5. The molecule has 0 saturated carbocycles. The molecule has 0 N–H and O–H groups in total. The lowest BCUT2D eigenvalue weighted by Crippen LogP contribution is -2.10. The summed E-state index contributed by atoms with van der Waals surface area (Å²) < 4.78 is 6.48. The van der Waals surface area contributed by atoms with E-state index in [1.165, 1.54) is 0 Å². The van der Waals surface area contributed by atoms with Crippen LogP contribution in [0, 0.1) is 6.92 Å². The Balaban J connectivity index is 1.86. The Morgan fingerprint density at radius 1 is 1.00 bits per heavy atom. The molecule has 0 spiro atoms. The summed E-state index contributed by atoms with van der Waals surface area (Å²) in [6, 6.07) is 16.0. The van der Waals surface area contributed by atoms with E-state index in [-0.39, 0.29) is 0 Å². The first-order chi connectivity index (χ1) is 12.5. The van der Waals surface area contributed by atoms with Crippen LogP contribution in [-0.4, -0.2) is 15.9 Å². The molecule has 1 aromatic heterocycles. The van der Waals surface area contributed by atoms with Gasteiger partial charge in [0.15, 0.2) is 5.75 Å². The molecule has 0 aliphatic rings. The maximum Gasteiger partial charge on any atom is 0.343 e. The number of aryl methyl sites for hydroxylation is 1. The number of nitrogens with zero attached hydrogens (tertiary/aromatic N) is 2. The Morgan fingerprint density at radius 2 is 1.62 bits per heavy atom. The number of esters is 1. The number of halogens is 2. The van der Waals surface area contributed by atoms with Crippen LogP contribution in [0.2, 0.25) is 5.02 Å². The highest BCUT2D eigenvalue weighted by Gasteiger charge is 2.18. The molecule has 0 unspecified atom stereocenters. The fourth-order valence-corrected chi connectivity index (χ4v) is 3.45. The first-order valence-electron chi connectivity index (χ1n) is 7.86. The molecule has 0 saturated heterocycles. The number of hydrogen-bond donors (Lipinski definition) is 0. The van der Waals surface area contributed by atoms with Crippen molar-refractivity contribution >= 4 is 55.6 Å². The second-order valence-electron chi connectivity index (χ2n) is 5.81. The van der Waals surface area contributed by atoms with Crippen LogP contribution >= 0.6 is 27.5 Å². The molecular weight excluding hydrogens is 416 g/mol. The SMILES string of the molecule is Cc1cc(Br)c2nc3ccccc3nc2c1OC(=O)c1ccc(Cl)cc1. The number of aromatic nitrogens is 2. The van der Waals surface area contributed by atoms with Gasteiger partial charge in [0.1, 0.15) is 11.0 Å². The number of fused-ring (bicyclic) bond motifs is 2. The number of rotatable bonds is 2. The van der Waals surface area contributed by atoms with Crippen molar-refractivity contribution in [3.63, 3.8) is 0 Å². The Hall–Kier alpha value is -2.50. The van der Waals surface area contributed by atoms with E-state index in [9.17, 15) is 4.79 Å². The van der Waals surface area contributed by atoms with Crippen LogP contribution in [0.25, 0.3) is 22.1 Å². The van der Waals surface area contributed by atoms with Gasteiger partial charge in [-0.1, -0.05) is 23.7 Å². The van der Waals surface area contributed by atoms with Crippen LogP contribution < -0.4 is 4.74 Å². The van der Waals surface area contributed by atoms with Gasteiger partial charge in [-0.05, 0) is 70.9 Å². The molecule has 0 fully saturated rings. The molecular formula is C20H12BrClN2O2. The molecule has 4 rings (SSSR count). The number of carbonyl (C=O) groups is 1. The number of para-hydroxylation sites is 2. The third-order valence-electron chi connectivity index (χ3n) is 3.99. The van der Waals surface area contributed by atoms with Crippen LogP contribution in [0.1, 0.15) is 15.9 Å². The molecule has 6 heteroatoms. The highest BCUT2D eigenvalue weighted by Crippen LogP contribution is 2.34. The normalized spacial score (nSPS) is 11.0. The smallest absolute Gasteiger partial charge is 0.343 e. The molecule has 26 heavy (non-hydrogen) atoms. The van der Waals surface area contributed by atoms with Gasteiger partial charge >= 0.3 is 5.97 Å². The van der Waals surface area contributed by atoms with Crippen molar-refractivity contribution in [1.29, 1.82) is 0 Å². The fourth-order valence-electron chi connectivity index (χ4n) is 2.70. The number of ether oxygens (including phenoxy) is 1. The van der Waals surface area contributed by atoms with Gasteiger partial charge < -0.3 is 4.74 Å². The second-order valence-corrected chi connectivity index (χ2v) is 7.10. The molecule has 0 atom stereocenters. The molecule has 0 radical (unpaired) electrons. The van der Waals surface area contributed by atoms with E-state index >= 15 is 0 Å². The van der Waals surface area contributed by atoms with Crippen molar-refractivity contribution in [3.8, 4) is 5.75 Å². The summed E-state index contributed by atoms with van der Waals surface area (Å²) in [5.41, 5.74) is 3.90. The van der Waals surface area contributed by atoms with E-state index in [0.717, 1.165) is 21.1 Å². The third-order valence-corrected chi connectivity index (χ3v) is 4.84. The van der Waals surface area contributed by atoms with Crippen molar-refractivity contribution in [1.82, 2.24) is 9.97 Å². The van der Waals surface area contributed by atoms with Crippen molar-refractivity contribution in [2.75, 3.05) is 0 Å². The first kappa shape index (κ1) is 16.9. The minimum absolute atomic E-state index is 0.404. The first-order valence-corrected chi connectivity index (χ1v) is 9.03. The average Bonchev–Trinajstić information content (AvgIpc) is 2.64. The number of benzene rings is 3. The number of hydrogen-bond acceptors (Lipinski definition) is 4. The second kappa shape index (κ2) is 6.67. The van der Waals surface area contributed by atoms with E-state index in [0.29, 0.717) is 27.4 Å². The van der Waals surface area contributed by atoms with E-state index in [4.69, 9.17) is 16.3 Å². The van der Waals surface area contributed by atoms with E-state index in [1.54, 1.807) is 24.3 Å². The van der Waals surface area contributed by atoms with Crippen molar-refractivity contribution < 1.29 is 9.53 Å². The summed E-state index contributed by atoms with van der Waals surface area (Å²) in [5.74, 6) is -0.0650. The van der Waals surface area contributed by atoms with Gasteiger partial charge in [-0.3, -0.25) is 0 Å². The maximum atomic E-state index is 12.5. The van der Waals surface area contributed by atoms with Gasteiger partial charge in [0.05, 0.1) is 16.6 Å². The Labute approximate surface area is 162 Å². The van der Waals surface area contributed by atoms with Crippen LogP contribution in [0.4, 0.5) is 0 Å². The summed E-state index contributed by atoms with van der Waals surface area (Å²) in [7, 11) is 0. The number of carbonyl (C=O) groups excluding carboxylic acids is 1. The lowest BCUT2D eigenvalue weighted by Gasteiger charge is -2.12. The van der Waals surface area contributed by atoms with Gasteiger partial charge in [0.25, 0.3) is 0 Å². The van der Waals surface area contributed by atoms with Crippen molar-refractivity contribution in [2.45, 2.75) is 6.92 Å². The molecule has 4 aromatic rings.